The molecular weight excluding hydrogens is 408 g/mol. The molecule has 25 heavy (non-hydrogen) atoms. The largest absolute Gasteiger partial charge is 0.464 e. The number of aromatic nitrogens is 1. The van der Waals surface area contributed by atoms with E-state index < -0.39 is 5.97 Å². The normalized spacial score (nSPS) is 10.5. The second kappa shape index (κ2) is 9.65. The van der Waals surface area contributed by atoms with Gasteiger partial charge < -0.3 is 14.4 Å². The van der Waals surface area contributed by atoms with Crippen molar-refractivity contribution in [3.63, 3.8) is 0 Å². The monoisotopic (exact) mass is 426 g/mol. The Balaban J connectivity index is 2.16. The van der Waals surface area contributed by atoms with Crippen LogP contribution in [-0.2, 0) is 16.0 Å². The number of halogens is 1. The molecule has 2 rings (SSSR count). The van der Waals surface area contributed by atoms with Gasteiger partial charge in [0.2, 0.25) is 0 Å². The number of esters is 1. The molecule has 2 aromatic rings. The topological polar surface area (TPSA) is 68.7 Å². The van der Waals surface area contributed by atoms with E-state index in [1.807, 2.05) is 12.1 Å². The lowest BCUT2D eigenvalue weighted by atomic mass is 10.2. The first kappa shape index (κ1) is 19.6. The van der Waals surface area contributed by atoms with Crippen molar-refractivity contribution < 1.29 is 19.1 Å². The third kappa shape index (κ3) is 5.62. The lowest BCUT2D eigenvalue weighted by Gasteiger charge is -2.21. The van der Waals surface area contributed by atoms with E-state index in [0.29, 0.717) is 36.7 Å². The predicted octanol–water partition coefficient (Wildman–Crippen LogP) is 3.37. The molecule has 0 unspecified atom stereocenters. The van der Waals surface area contributed by atoms with Gasteiger partial charge in [0.15, 0.2) is 5.69 Å². The second-order valence-corrected chi connectivity index (χ2v) is 7.06. The number of carbonyl (C=O) groups excluding carboxylic acids is 2. The number of ether oxygens (including phenoxy) is 2. The van der Waals surface area contributed by atoms with Gasteiger partial charge in [-0.05, 0) is 24.6 Å². The number of rotatable bonds is 8. The van der Waals surface area contributed by atoms with Crippen LogP contribution >= 0.6 is 27.3 Å². The fourth-order valence-electron chi connectivity index (χ4n) is 2.20. The summed E-state index contributed by atoms with van der Waals surface area (Å²) in [4.78, 5) is 30.3. The van der Waals surface area contributed by atoms with Crippen molar-refractivity contribution in [3.05, 3.63) is 50.4 Å². The smallest absolute Gasteiger partial charge is 0.357 e. The van der Waals surface area contributed by atoms with E-state index in [-0.39, 0.29) is 11.6 Å². The molecule has 1 heterocycles. The first-order valence-electron chi connectivity index (χ1n) is 7.61. The van der Waals surface area contributed by atoms with Gasteiger partial charge in [-0.25, -0.2) is 9.78 Å². The number of thiazole rings is 1. The van der Waals surface area contributed by atoms with E-state index in [1.54, 1.807) is 29.5 Å². The zero-order chi connectivity index (χ0) is 18.2. The first-order chi connectivity index (χ1) is 12.0. The zero-order valence-electron chi connectivity index (χ0n) is 14.0. The Morgan fingerprint density at radius 2 is 2.12 bits per heavy atom. The van der Waals surface area contributed by atoms with Crippen molar-refractivity contribution in [3.8, 4) is 0 Å². The van der Waals surface area contributed by atoms with Crippen molar-refractivity contribution in [1.82, 2.24) is 9.88 Å². The van der Waals surface area contributed by atoms with E-state index in [1.165, 1.54) is 18.4 Å². The van der Waals surface area contributed by atoms with Gasteiger partial charge in [-0.1, -0.05) is 22.0 Å². The van der Waals surface area contributed by atoms with E-state index in [4.69, 9.17) is 4.74 Å². The number of hydrogen-bond acceptors (Lipinski definition) is 6. The lowest BCUT2D eigenvalue weighted by Crippen LogP contribution is -2.32. The minimum atomic E-state index is -0.480. The van der Waals surface area contributed by atoms with E-state index >= 15 is 0 Å². The summed E-state index contributed by atoms with van der Waals surface area (Å²) in [5.41, 5.74) is 0.853. The van der Waals surface area contributed by atoms with Gasteiger partial charge in [-0.3, -0.25) is 4.79 Å². The molecule has 0 atom stereocenters. The summed E-state index contributed by atoms with van der Waals surface area (Å²) in [5.74, 6) is -0.570. The first-order valence-corrected chi connectivity index (χ1v) is 9.29. The van der Waals surface area contributed by atoms with Crippen LogP contribution in [0.3, 0.4) is 0 Å². The maximum Gasteiger partial charge on any atom is 0.357 e. The summed E-state index contributed by atoms with van der Waals surface area (Å²) in [7, 11) is 2.94. The van der Waals surface area contributed by atoms with Gasteiger partial charge in [-0.2, -0.15) is 0 Å². The third-order valence-electron chi connectivity index (χ3n) is 3.41. The van der Waals surface area contributed by atoms with Crippen LogP contribution in [0.15, 0.2) is 34.1 Å². The maximum absolute atomic E-state index is 12.8. The van der Waals surface area contributed by atoms with Crippen LogP contribution in [0, 0.1) is 0 Å². The number of hydrogen-bond donors (Lipinski definition) is 0. The summed E-state index contributed by atoms with van der Waals surface area (Å²) in [6.07, 6.45) is 0.714. The Kier molecular flexibility index (Phi) is 7.54. The van der Waals surface area contributed by atoms with Crippen LogP contribution < -0.4 is 0 Å². The molecule has 1 aromatic heterocycles. The number of benzene rings is 1. The molecule has 0 radical (unpaired) electrons. The summed E-state index contributed by atoms with van der Waals surface area (Å²) < 4.78 is 10.6. The molecule has 0 aliphatic carbocycles. The molecule has 0 saturated heterocycles. The highest BCUT2D eigenvalue weighted by molar-refractivity contribution is 9.10. The second-order valence-electron chi connectivity index (χ2n) is 5.20. The maximum atomic E-state index is 12.8. The Hall–Kier alpha value is -1.77. The molecule has 1 aromatic carbocycles. The molecule has 0 aliphatic heterocycles. The Labute approximate surface area is 158 Å². The third-order valence-corrected chi connectivity index (χ3v) is 4.73. The molecule has 134 valence electrons. The number of amides is 1. The molecule has 0 fully saturated rings. The Bertz CT molecular complexity index is 735. The quantitative estimate of drug-likeness (QED) is 0.477. The van der Waals surface area contributed by atoms with Crippen molar-refractivity contribution >= 4 is 39.1 Å². The van der Waals surface area contributed by atoms with Crippen LogP contribution in [0.4, 0.5) is 0 Å². The van der Waals surface area contributed by atoms with Crippen molar-refractivity contribution in [2.75, 3.05) is 27.4 Å². The van der Waals surface area contributed by atoms with E-state index in [2.05, 4.69) is 25.7 Å². The molecule has 0 N–H and O–H groups in total. The fraction of sp³-hybridized carbons (Fsp3) is 0.353. The predicted molar refractivity (Wildman–Crippen MR) is 98.8 cm³/mol. The highest BCUT2D eigenvalue weighted by Crippen LogP contribution is 2.18. The molecule has 0 bridgehead atoms. The average molecular weight is 427 g/mol. The highest BCUT2D eigenvalue weighted by Gasteiger charge is 2.19. The highest BCUT2D eigenvalue weighted by atomic mass is 79.9. The Morgan fingerprint density at radius 3 is 2.80 bits per heavy atom. The van der Waals surface area contributed by atoms with Gasteiger partial charge in [0, 0.05) is 35.7 Å². The standard InChI is InChI=1S/C17H19BrN2O4S/c1-23-8-4-7-20(16(21)12-5-3-6-13(18)9-12)10-15-19-14(11-25-15)17(22)24-2/h3,5-6,9,11H,4,7-8,10H2,1-2H3. The van der Waals surface area contributed by atoms with Crippen molar-refractivity contribution in [1.29, 1.82) is 0 Å². The minimum Gasteiger partial charge on any atom is -0.464 e. The number of methoxy groups -OCH3 is 2. The van der Waals surface area contributed by atoms with Gasteiger partial charge in [0.25, 0.3) is 5.91 Å². The van der Waals surface area contributed by atoms with Crippen LogP contribution in [0.1, 0.15) is 32.3 Å². The summed E-state index contributed by atoms with van der Waals surface area (Å²) in [6.45, 7) is 1.43. The molecule has 0 aliphatic rings. The zero-order valence-corrected chi connectivity index (χ0v) is 16.4. The lowest BCUT2D eigenvalue weighted by molar-refractivity contribution is 0.0594. The SMILES string of the molecule is COCCCN(Cc1nc(C(=O)OC)cs1)C(=O)c1cccc(Br)c1. The minimum absolute atomic E-state index is 0.0905. The van der Waals surface area contributed by atoms with Crippen LogP contribution in [0.5, 0.6) is 0 Å². The molecule has 1 amide bonds. The summed E-state index contributed by atoms with van der Waals surface area (Å²) in [6, 6.07) is 7.25. The molecular formula is C17H19BrN2O4S. The van der Waals surface area contributed by atoms with Crippen LogP contribution in [0.25, 0.3) is 0 Å². The summed E-state index contributed by atoms with van der Waals surface area (Å²) >= 11 is 4.72. The number of nitrogens with zero attached hydrogens (tertiary/aromatic N) is 2. The summed E-state index contributed by atoms with van der Waals surface area (Å²) in [5, 5.41) is 2.32. The average Bonchev–Trinajstić information content (AvgIpc) is 3.08. The van der Waals surface area contributed by atoms with Crippen LogP contribution in [0.2, 0.25) is 0 Å². The van der Waals surface area contributed by atoms with Crippen molar-refractivity contribution in [2.24, 2.45) is 0 Å². The number of carbonyl (C=O) groups is 2. The van der Waals surface area contributed by atoms with Crippen molar-refractivity contribution in [2.45, 2.75) is 13.0 Å². The van der Waals surface area contributed by atoms with E-state index in [9.17, 15) is 9.59 Å². The van der Waals surface area contributed by atoms with E-state index in [0.717, 1.165) is 4.47 Å². The Morgan fingerprint density at radius 1 is 1.32 bits per heavy atom. The molecule has 6 nitrogen and oxygen atoms in total. The molecule has 0 saturated carbocycles. The molecule has 0 spiro atoms. The van der Waals surface area contributed by atoms with Gasteiger partial charge in [0.05, 0.1) is 13.7 Å². The fourth-order valence-corrected chi connectivity index (χ4v) is 3.38. The molecule has 8 heteroatoms. The van der Waals surface area contributed by atoms with Crippen LogP contribution in [-0.4, -0.2) is 49.1 Å². The van der Waals surface area contributed by atoms with Gasteiger partial charge in [0.1, 0.15) is 5.01 Å². The van der Waals surface area contributed by atoms with Gasteiger partial charge >= 0.3 is 5.97 Å². The van der Waals surface area contributed by atoms with Gasteiger partial charge in [-0.15, -0.1) is 11.3 Å².